The smallest absolute Gasteiger partial charge is 0.471 e. The van der Waals surface area contributed by atoms with Crippen LogP contribution in [0, 0.1) is 0 Å². The van der Waals surface area contributed by atoms with E-state index in [2.05, 4.69) is 10.3 Å². The van der Waals surface area contributed by atoms with Crippen LogP contribution in [0.2, 0.25) is 0 Å². The standard InChI is InChI=1S/C15H15F3N2O2/c1-22-8-5-6-10-9(7-8)13-11(19-10)3-2-4-12(13)20-14(21)15(16,17)18/h5-7,12,19H,2-4H2,1H3,(H,20,21). The summed E-state index contributed by atoms with van der Waals surface area (Å²) < 4.78 is 42.7. The number of alkyl halides is 3. The van der Waals surface area contributed by atoms with Crippen LogP contribution in [0.3, 0.4) is 0 Å². The molecular weight excluding hydrogens is 297 g/mol. The van der Waals surface area contributed by atoms with Crippen molar-refractivity contribution in [3.63, 3.8) is 0 Å². The van der Waals surface area contributed by atoms with Crippen molar-refractivity contribution in [1.29, 1.82) is 0 Å². The highest BCUT2D eigenvalue weighted by molar-refractivity contribution is 5.88. The fourth-order valence-electron chi connectivity index (χ4n) is 2.98. The van der Waals surface area contributed by atoms with Gasteiger partial charge in [0.2, 0.25) is 0 Å². The third-order valence-corrected chi connectivity index (χ3v) is 3.96. The molecule has 1 heterocycles. The van der Waals surface area contributed by atoms with Crippen molar-refractivity contribution >= 4 is 16.8 Å². The third kappa shape index (κ3) is 2.51. The Kier molecular flexibility index (Phi) is 3.50. The molecule has 4 nitrogen and oxygen atoms in total. The van der Waals surface area contributed by atoms with E-state index in [1.165, 1.54) is 7.11 Å². The second-order valence-corrected chi connectivity index (χ2v) is 5.34. The van der Waals surface area contributed by atoms with Crippen molar-refractivity contribution < 1.29 is 22.7 Å². The predicted octanol–water partition coefficient (Wildman–Crippen LogP) is 3.23. The molecule has 0 radical (unpaired) electrons. The Morgan fingerprint density at radius 2 is 2.18 bits per heavy atom. The predicted molar refractivity (Wildman–Crippen MR) is 74.7 cm³/mol. The highest BCUT2D eigenvalue weighted by Gasteiger charge is 2.40. The maximum absolute atomic E-state index is 12.5. The average Bonchev–Trinajstić information content (AvgIpc) is 2.84. The fraction of sp³-hybridized carbons (Fsp3) is 0.400. The van der Waals surface area contributed by atoms with Gasteiger partial charge in [0.1, 0.15) is 5.75 Å². The van der Waals surface area contributed by atoms with Crippen molar-refractivity contribution in [2.75, 3.05) is 7.11 Å². The molecule has 1 unspecified atom stereocenters. The van der Waals surface area contributed by atoms with Gasteiger partial charge in [-0.15, -0.1) is 0 Å². The third-order valence-electron chi connectivity index (χ3n) is 3.96. The van der Waals surface area contributed by atoms with Gasteiger partial charge in [-0.25, -0.2) is 0 Å². The van der Waals surface area contributed by atoms with Gasteiger partial charge in [0, 0.05) is 22.2 Å². The van der Waals surface area contributed by atoms with Crippen LogP contribution in [0.25, 0.3) is 10.9 Å². The zero-order valence-electron chi connectivity index (χ0n) is 11.9. The van der Waals surface area contributed by atoms with Crippen LogP contribution in [0.5, 0.6) is 5.75 Å². The maximum Gasteiger partial charge on any atom is 0.471 e. The first-order valence-electron chi connectivity index (χ1n) is 6.96. The summed E-state index contributed by atoms with van der Waals surface area (Å²) in [6.07, 6.45) is -2.91. The first kappa shape index (κ1) is 14.7. The van der Waals surface area contributed by atoms with Gasteiger partial charge in [-0.3, -0.25) is 4.79 Å². The van der Waals surface area contributed by atoms with Crippen LogP contribution in [-0.2, 0) is 11.2 Å². The SMILES string of the molecule is COc1ccc2[nH]c3c(c2c1)C(NC(=O)C(F)(F)F)CCC3. The molecule has 0 bridgehead atoms. The minimum atomic E-state index is -4.87. The molecule has 0 saturated carbocycles. The zero-order valence-corrected chi connectivity index (χ0v) is 11.9. The van der Waals surface area contributed by atoms with Gasteiger partial charge >= 0.3 is 12.1 Å². The van der Waals surface area contributed by atoms with Crippen LogP contribution in [0.15, 0.2) is 18.2 Å². The number of aromatic amines is 1. The van der Waals surface area contributed by atoms with E-state index in [1.54, 1.807) is 12.1 Å². The first-order chi connectivity index (χ1) is 10.4. The lowest BCUT2D eigenvalue weighted by atomic mass is 9.90. The summed E-state index contributed by atoms with van der Waals surface area (Å²) in [5, 5.41) is 2.90. The maximum atomic E-state index is 12.5. The molecule has 2 aromatic rings. The van der Waals surface area contributed by atoms with Crippen LogP contribution < -0.4 is 10.1 Å². The van der Waals surface area contributed by atoms with Gasteiger partial charge in [0.15, 0.2) is 0 Å². The van der Waals surface area contributed by atoms with E-state index in [4.69, 9.17) is 4.74 Å². The van der Waals surface area contributed by atoms with Crippen LogP contribution in [0.1, 0.15) is 30.1 Å². The number of fused-ring (bicyclic) bond motifs is 3. The second kappa shape index (κ2) is 5.23. The molecule has 22 heavy (non-hydrogen) atoms. The van der Waals surface area contributed by atoms with Crippen molar-refractivity contribution in [2.24, 2.45) is 0 Å². The molecule has 3 rings (SSSR count). The van der Waals surface area contributed by atoms with Gasteiger partial charge in [0.05, 0.1) is 13.2 Å². The Balaban J connectivity index is 2.02. The Hall–Kier alpha value is -2.18. The van der Waals surface area contributed by atoms with Crippen LogP contribution in [-0.4, -0.2) is 24.2 Å². The Morgan fingerprint density at radius 1 is 1.41 bits per heavy atom. The summed E-state index contributed by atoms with van der Waals surface area (Å²) >= 11 is 0. The van der Waals surface area contributed by atoms with E-state index in [9.17, 15) is 18.0 Å². The largest absolute Gasteiger partial charge is 0.497 e. The number of H-pyrrole nitrogens is 1. The number of carbonyl (C=O) groups is 1. The Labute approximate surface area is 124 Å². The molecule has 1 aliphatic rings. The fourth-order valence-corrected chi connectivity index (χ4v) is 2.98. The number of rotatable bonds is 2. The summed E-state index contributed by atoms with van der Waals surface area (Å²) in [5.74, 6) is -1.27. The van der Waals surface area contributed by atoms with Gasteiger partial charge < -0.3 is 15.0 Å². The number of hydrogen-bond donors (Lipinski definition) is 2. The molecule has 1 aliphatic carbocycles. The van der Waals surface area contributed by atoms with Crippen molar-refractivity contribution in [1.82, 2.24) is 10.3 Å². The Morgan fingerprint density at radius 3 is 2.86 bits per heavy atom. The molecule has 0 saturated heterocycles. The van der Waals surface area contributed by atoms with E-state index >= 15 is 0 Å². The summed E-state index contributed by atoms with van der Waals surface area (Å²) in [6.45, 7) is 0. The number of amides is 1. The van der Waals surface area contributed by atoms with E-state index < -0.39 is 18.1 Å². The number of nitrogens with one attached hydrogen (secondary N) is 2. The molecule has 7 heteroatoms. The van der Waals surface area contributed by atoms with E-state index in [0.29, 0.717) is 12.2 Å². The number of hydrogen-bond acceptors (Lipinski definition) is 2. The van der Waals surface area contributed by atoms with Gasteiger partial charge in [-0.05, 0) is 37.5 Å². The zero-order chi connectivity index (χ0) is 15.9. The quantitative estimate of drug-likeness (QED) is 0.894. The number of aromatic nitrogens is 1. The molecule has 0 fully saturated rings. The second-order valence-electron chi connectivity index (χ2n) is 5.34. The van der Waals surface area contributed by atoms with Crippen molar-refractivity contribution in [2.45, 2.75) is 31.5 Å². The average molecular weight is 312 g/mol. The number of methoxy groups -OCH3 is 1. The number of ether oxygens (including phenoxy) is 1. The lowest BCUT2D eigenvalue weighted by Gasteiger charge is -2.24. The summed E-state index contributed by atoms with van der Waals surface area (Å²) in [4.78, 5) is 14.5. The molecule has 1 aromatic carbocycles. The van der Waals surface area contributed by atoms with Crippen LogP contribution in [0.4, 0.5) is 13.2 Å². The minimum absolute atomic E-state index is 0.485. The van der Waals surface area contributed by atoms with E-state index in [-0.39, 0.29) is 0 Å². The highest BCUT2D eigenvalue weighted by atomic mass is 19.4. The van der Waals surface area contributed by atoms with Gasteiger partial charge in [-0.2, -0.15) is 13.2 Å². The summed E-state index contributed by atoms with van der Waals surface area (Å²) in [5.41, 5.74) is 2.44. The van der Waals surface area contributed by atoms with E-state index in [1.807, 2.05) is 6.07 Å². The molecular formula is C15H15F3N2O2. The lowest BCUT2D eigenvalue weighted by Crippen LogP contribution is -2.40. The molecule has 118 valence electrons. The number of carbonyl (C=O) groups excluding carboxylic acids is 1. The molecule has 1 atom stereocenters. The van der Waals surface area contributed by atoms with Gasteiger partial charge in [-0.1, -0.05) is 0 Å². The minimum Gasteiger partial charge on any atom is -0.497 e. The number of benzene rings is 1. The van der Waals surface area contributed by atoms with Gasteiger partial charge in [0.25, 0.3) is 0 Å². The summed E-state index contributed by atoms with van der Waals surface area (Å²) in [6, 6.07) is 4.75. The monoisotopic (exact) mass is 312 g/mol. The normalized spacial score (nSPS) is 18.1. The van der Waals surface area contributed by atoms with Crippen molar-refractivity contribution in [3.05, 3.63) is 29.5 Å². The van der Waals surface area contributed by atoms with Crippen molar-refractivity contribution in [3.8, 4) is 5.75 Å². The molecule has 1 aromatic heterocycles. The molecule has 2 N–H and O–H groups in total. The topological polar surface area (TPSA) is 54.1 Å². The molecule has 0 spiro atoms. The number of aryl methyl sites for hydroxylation is 1. The summed E-state index contributed by atoms with van der Waals surface area (Å²) in [7, 11) is 1.53. The molecule has 1 amide bonds. The Bertz CT molecular complexity index is 721. The number of halogens is 3. The highest BCUT2D eigenvalue weighted by Crippen LogP contribution is 2.37. The van der Waals surface area contributed by atoms with Crippen LogP contribution >= 0.6 is 0 Å². The molecule has 0 aliphatic heterocycles. The first-order valence-corrected chi connectivity index (χ1v) is 6.96. The lowest BCUT2D eigenvalue weighted by molar-refractivity contribution is -0.174. The van der Waals surface area contributed by atoms with E-state index in [0.717, 1.165) is 35.0 Å².